The summed E-state index contributed by atoms with van der Waals surface area (Å²) < 4.78 is 0. The quantitative estimate of drug-likeness (QED) is 0.554. The molecule has 1 heterocycles. The van der Waals surface area contributed by atoms with Crippen molar-refractivity contribution in [2.24, 2.45) is 5.16 Å². The Morgan fingerprint density at radius 3 is 2.56 bits per heavy atom. The molecule has 0 bridgehead atoms. The van der Waals surface area contributed by atoms with Crippen LogP contribution in [-0.4, -0.2) is 30.7 Å². The maximum Gasteiger partial charge on any atom is 0.369 e. The van der Waals surface area contributed by atoms with Crippen molar-refractivity contribution in [3.8, 4) is 0 Å². The van der Waals surface area contributed by atoms with Gasteiger partial charge in [0.25, 0.3) is 0 Å². The maximum atomic E-state index is 11.5. The summed E-state index contributed by atoms with van der Waals surface area (Å²) in [6.45, 7) is 0. The lowest BCUT2D eigenvalue weighted by Gasteiger charge is -2.06. The van der Waals surface area contributed by atoms with Gasteiger partial charge in [0.2, 0.25) is 0 Å². The Kier molecular flexibility index (Phi) is 2.72. The van der Waals surface area contributed by atoms with Crippen molar-refractivity contribution in [3.63, 3.8) is 0 Å². The van der Waals surface area contributed by atoms with Crippen LogP contribution in [0.25, 0.3) is 0 Å². The Bertz CT molecular complexity index is 461. The lowest BCUT2D eigenvalue weighted by atomic mass is 10.0. The summed E-state index contributed by atoms with van der Waals surface area (Å²) in [4.78, 5) is 17.9. The van der Waals surface area contributed by atoms with Gasteiger partial charge in [0.05, 0.1) is 0 Å². The molecular weight excluding hydrogens is 204 g/mol. The number of rotatable bonds is 2. The van der Waals surface area contributed by atoms with Crippen molar-refractivity contribution in [2.75, 3.05) is 14.1 Å². The number of carbonyl (C=O) groups excluding carboxylic acids is 1. The zero-order valence-electron chi connectivity index (χ0n) is 9.18. The van der Waals surface area contributed by atoms with E-state index in [2.05, 4.69) is 9.99 Å². The summed E-state index contributed by atoms with van der Waals surface area (Å²) in [5.74, 6) is -0.410. The molecule has 0 aliphatic carbocycles. The Morgan fingerprint density at radius 2 is 1.94 bits per heavy atom. The molecule has 0 spiro atoms. The highest BCUT2D eigenvalue weighted by Gasteiger charge is 2.26. The van der Waals surface area contributed by atoms with Gasteiger partial charge in [-0.05, 0) is 0 Å². The van der Waals surface area contributed by atoms with Gasteiger partial charge >= 0.3 is 5.97 Å². The van der Waals surface area contributed by atoms with Gasteiger partial charge in [0.1, 0.15) is 11.3 Å². The first-order chi connectivity index (χ1) is 7.68. The molecule has 1 aromatic carbocycles. The smallest absolute Gasteiger partial charge is 0.369 e. The van der Waals surface area contributed by atoms with Crippen LogP contribution in [0.2, 0.25) is 0 Å². The zero-order valence-corrected chi connectivity index (χ0v) is 9.18. The predicted molar refractivity (Wildman–Crippen MR) is 60.8 cm³/mol. The number of hydrogen-bond acceptors (Lipinski definition) is 4. The summed E-state index contributed by atoms with van der Waals surface area (Å²) in [6.07, 6.45) is 1.71. The largest absolute Gasteiger partial charge is 0.383 e. The van der Waals surface area contributed by atoms with E-state index >= 15 is 0 Å². The van der Waals surface area contributed by atoms with E-state index < -0.39 is 5.97 Å². The zero-order chi connectivity index (χ0) is 11.5. The van der Waals surface area contributed by atoms with E-state index in [1.54, 1.807) is 11.1 Å². The molecule has 1 aliphatic rings. The number of benzene rings is 1. The molecule has 1 aromatic rings. The lowest BCUT2D eigenvalue weighted by molar-refractivity contribution is -0.136. The average Bonchev–Trinajstić information content (AvgIpc) is 2.61. The first-order valence-electron chi connectivity index (χ1n) is 4.92. The van der Waals surface area contributed by atoms with Crippen molar-refractivity contribution in [1.82, 2.24) is 4.90 Å². The molecule has 0 radical (unpaired) electrons. The van der Waals surface area contributed by atoms with Gasteiger partial charge in [-0.15, -0.1) is 0 Å². The van der Waals surface area contributed by atoms with E-state index in [4.69, 9.17) is 0 Å². The van der Waals surface area contributed by atoms with Crippen molar-refractivity contribution in [2.45, 2.75) is 0 Å². The van der Waals surface area contributed by atoms with E-state index in [9.17, 15) is 4.79 Å². The highest BCUT2D eigenvalue weighted by atomic mass is 16.7. The first kappa shape index (κ1) is 10.4. The molecule has 0 N–H and O–H groups in total. The number of oxime groups is 1. The standard InChI is InChI=1S/C12H12N2O2/c1-14(2)8-10-11(13-16-12(10)15)9-6-4-3-5-7-9/h3-8H,1-2H3. The van der Waals surface area contributed by atoms with E-state index in [0.717, 1.165) is 5.56 Å². The first-order valence-corrected chi connectivity index (χ1v) is 4.92. The topological polar surface area (TPSA) is 41.9 Å². The minimum Gasteiger partial charge on any atom is -0.383 e. The van der Waals surface area contributed by atoms with Gasteiger partial charge in [-0.3, -0.25) is 0 Å². The monoisotopic (exact) mass is 216 g/mol. The number of carbonyl (C=O) groups is 1. The van der Waals surface area contributed by atoms with Crippen LogP contribution < -0.4 is 0 Å². The molecule has 0 fully saturated rings. The van der Waals surface area contributed by atoms with Crippen LogP contribution in [0, 0.1) is 0 Å². The third-order valence-corrected chi connectivity index (χ3v) is 2.13. The molecule has 4 nitrogen and oxygen atoms in total. The third kappa shape index (κ3) is 1.95. The molecule has 0 atom stereocenters. The second-order valence-electron chi connectivity index (χ2n) is 3.69. The number of hydrogen-bond donors (Lipinski definition) is 0. The minimum atomic E-state index is -0.410. The van der Waals surface area contributed by atoms with Gasteiger partial charge in [-0.2, -0.15) is 0 Å². The van der Waals surface area contributed by atoms with Crippen LogP contribution in [0.3, 0.4) is 0 Å². The number of nitrogens with zero attached hydrogens (tertiary/aromatic N) is 2. The molecule has 0 saturated heterocycles. The minimum absolute atomic E-state index is 0.410. The molecular formula is C12H12N2O2. The average molecular weight is 216 g/mol. The Morgan fingerprint density at radius 1 is 1.25 bits per heavy atom. The molecule has 16 heavy (non-hydrogen) atoms. The summed E-state index contributed by atoms with van der Waals surface area (Å²) in [5, 5.41) is 3.79. The molecule has 0 saturated carbocycles. The molecule has 0 aromatic heterocycles. The molecule has 1 aliphatic heterocycles. The molecule has 82 valence electrons. The van der Waals surface area contributed by atoms with Crippen molar-refractivity contribution in [1.29, 1.82) is 0 Å². The van der Waals surface area contributed by atoms with Gasteiger partial charge in [0.15, 0.2) is 0 Å². The molecule has 4 heteroatoms. The van der Waals surface area contributed by atoms with E-state index in [0.29, 0.717) is 11.3 Å². The fourth-order valence-electron chi connectivity index (χ4n) is 1.46. The second kappa shape index (κ2) is 4.18. The maximum absolute atomic E-state index is 11.5. The van der Waals surface area contributed by atoms with Crippen LogP contribution >= 0.6 is 0 Å². The predicted octanol–water partition coefficient (Wildman–Crippen LogP) is 1.39. The Labute approximate surface area is 93.8 Å². The van der Waals surface area contributed by atoms with E-state index in [1.165, 1.54) is 0 Å². The van der Waals surface area contributed by atoms with E-state index in [1.807, 2.05) is 44.4 Å². The van der Waals surface area contributed by atoms with Crippen LogP contribution in [-0.2, 0) is 9.63 Å². The SMILES string of the molecule is CN(C)C=C1C(=O)ON=C1c1ccccc1. The normalized spacial score (nSPS) is 17.2. The highest BCUT2D eigenvalue weighted by Crippen LogP contribution is 2.17. The van der Waals surface area contributed by atoms with Crippen LogP contribution in [0.4, 0.5) is 0 Å². The summed E-state index contributed by atoms with van der Waals surface area (Å²) in [6, 6.07) is 9.49. The lowest BCUT2D eigenvalue weighted by Crippen LogP contribution is -2.12. The van der Waals surface area contributed by atoms with Crippen molar-refractivity contribution < 1.29 is 9.63 Å². The van der Waals surface area contributed by atoms with Crippen molar-refractivity contribution >= 4 is 11.7 Å². The summed E-state index contributed by atoms with van der Waals surface area (Å²) >= 11 is 0. The Hall–Kier alpha value is -2.10. The van der Waals surface area contributed by atoms with Gasteiger partial charge in [0, 0.05) is 25.9 Å². The molecule has 2 rings (SSSR count). The third-order valence-electron chi connectivity index (χ3n) is 2.13. The van der Waals surface area contributed by atoms with Crippen molar-refractivity contribution in [3.05, 3.63) is 47.7 Å². The van der Waals surface area contributed by atoms with E-state index in [-0.39, 0.29) is 0 Å². The van der Waals surface area contributed by atoms with Crippen LogP contribution in [0.5, 0.6) is 0 Å². The fourth-order valence-corrected chi connectivity index (χ4v) is 1.46. The summed E-state index contributed by atoms with van der Waals surface area (Å²) in [5.41, 5.74) is 1.94. The van der Waals surface area contributed by atoms with Gasteiger partial charge in [-0.1, -0.05) is 35.5 Å². The van der Waals surface area contributed by atoms with Crippen LogP contribution in [0.1, 0.15) is 5.56 Å². The second-order valence-corrected chi connectivity index (χ2v) is 3.69. The fraction of sp³-hybridized carbons (Fsp3) is 0.167. The molecule has 0 amide bonds. The Balaban J connectivity index is 2.39. The van der Waals surface area contributed by atoms with Gasteiger partial charge in [-0.25, -0.2) is 4.79 Å². The van der Waals surface area contributed by atoms with Gasteiger partial charge < -0.3 is 9.74 Å². The summed E-state index contributed by atoms with van der Waals surface area (Å²) in [7, 11) is 3.70. The van der Waals surface area contributed by atoms with Crippen LogP contribution in [0.15, 0.2) is 47.3 Å². The highest BCUT2D eigenvalue weighted by molar-refractivity contribution is 6.28. The molecule has 0 unspecified atom stereocenters.